The van der Waals surface area contributed by atoms with E-state index >= 15 is 0 Å². The van der Waals surface area contributed by atoms with Gasteiger partial charge in [0.1, 0.15) is 6.07 Å². The Morgan fingerprint density at radius 3 is 2.86 bits per heavy atom. The van der Waals surface area contributed by atoms with Gasteiger partial charge >= 0.3 is 0 Å². The molecule has 7 heteroatoms. The summed E-state index contributed by atoms with van der Waals surface area (Å²) in [7, 11) is 0. The number of hydrogen-bond acceptors (Lipinski definition) is 5. The Morgan fingerprint density at radius 1 is 1.24 bits per heavy atom. The summed E-state index contributed by atoms with van der Waals surface area (Å²) >= 11 is 0. The van der Waals surface area contributed by atoms with E-state index in [1.807, 2.05) is 24.3 Å². The lowest BCUT2D eigenvalue weighted by atomic mass is 10.2. The number of rotatable bonds is 0. The molecule has 0 aliphatic rings. The number of anilines is 1. The van der Waals surface area contributed by atoms with Crippen LogP contribution < -0.4 is 11.3 Å². The molecule has 7 nitrogen and oxygen atoms in total. The van der Waals surface area contributed by atoms with E-state index in [0.717, 1.165) is 11.0 Å². The maximum Gasteiger partial charge on any atom is 0.261 e. The van der Waals surface area contributed by atoms with Crippen molar-refractivity contribution in [2.24, 2.45) is 0 Å². The number of nitrogen functional groups attached to an aromatic ring is 1. The number of pyridine rings is 1. The van der Waals surface area contributed by atoms with Crippen molar-refractivity contribution < 1.29 is 0 Å². The topological polar surface area (TPSA) is 113 Å². The predicted octanol–water partition coefficient (Wildman–Crippen LogP) is 1.18. The van der Waals surface area contributed by atoms with Crippen LogP contribution in [-0.2, 0) is 0 Å². The molecule has 3 N–H and O–H groups in total. The second kappa shape index (κ2) is 3.80. The fourth-order valence-corrected chi connectivity index (χ4v) is 2.50. The molecule has 0 saturated carbocycles. The fourth-order valence-electron chi connectivity index (χ4n) is 2.50. The Balaban J connectivity index is 2.43. The molecule has 0 saturated heterocycles. The largest absolute Gasteiger partial charge is 0.369 e. The molecule has 1 aromatic carbocycles. The zero-order valence-corrected chi connectivity index (χ0v) is 10.7. The van der Waals surface area contributed by atoms with Crippen LogP contribution in [-0.4, -0.2) is 19.4 Å². The number of nitriles is 1. The number of nitrogens with one attached hydrogen (secondary N) is 1. The lowest BCUT2D eigenvalue weighted by Gasteiger charge is -2.04. The van der Waals surface area contributed by atoms with Crippen LogP contribution in [0.3, 0.4) is 0 Å². The molecule has 3 aromatic heterocycles. The zero-order chi connectivity index (χ0) is 14.6. The van der Waals surface area contributed by atoms with Gasteiger partial charge in [-0.05, 0) is 18.2 Å². The van der Waals surface area contributed by atoms with Crippen LogP contribution in [0.4, 0.5) is 5.95 Å². The SMILES string of the molecule is N#Cc1cc2c(=O)[nH]c(N)nc2n2c1nc1ccccc12. The first-order chi connectivity index (χ1) is 10.2. The predicted molar refractivity (Wildman–Crippen MR) is 77.7 cm³/mol. The van der Waals surface area contributed by atoms with E-state index in [9.17, 15) is 10.1 Å². The van der Waals surface area contributed by atoms with Crippen molar-refractivity contribution in [2.75, 3.05) is 5.73 Å². The second-order valence-corrected chi connectivity index (χ2v) is 4.62. The quantitative estimate of drug-likeness (QED) is 0.500. The normalized spacial score (nSPS) is 11.2. The summed E-state index contributed by atoms with van der Waals surface area (Å²) < 4.78 is 1.69. The van der Waals surface area contributed by atoms with E-state index in [1.54, 1.807) is 4.40 Å². The number of hydrogen-bond donors (Lipinski definition) is 2. The van der Waals surface area contributed by atoms with Gasteiger partial charge in [-0.15, -0.1) is 0 Å². The molecule has 21 heavy (non-hydrogen) atoms. The molecule has 0 unspecified atom stereocenters. The Labute approximate surface area is 117 Å². The van der Waals surface area contributed by atoms with E-state index < -0.39 is 0 Å². The molecule has 0 radical (unpaired) electrons. The summed E-state index contributed by atoms with van der Waals surface area (Å²) in [6, 6.07) is 11.0. The number of nitrogens with two attached hydrogens (primary N) is 1. The average Bonchev–Trinajstić information content (AvgIpc) is 2.86. The minimum absolute atomic E-state index is 0.0243. The third kappa shape index (κ3) is 1.44. The molecule has 0 spiro atoms. The molecule has 4 aromatic rings. The summed E-state index contributed by atoms with van der Waals surface area (Å²) in [6.07, 6.45) is 0. The fraction of sp³-hybridized carbons (Fsp3) is 0. The number of para-hydroxylation sites is 2. The van der Waals surface area contributed by atoms with Gasteiger partial charge < -0.3 is 5.73 Å². The number of benzene rings is 1. The van der Waals surface area contributed by atoms with Crippen LogP contribution in [0.1, 0.15) is 5.56 Å². The highest BCUT2D eigenvalue weighted by atomic mass is 16.1. The lowest BCUT2D eigenvalue weighted by molar-refractivity contribution is 1.13. The van der Waals surface area contributed by atoms with Crippen molar-refractivity contribution in [3.05, 3.63) is 46.2 Å². The summed E-state index contributed by atoms with van der Waals surface area (Å²) in [5.74, 6) is 0.0243. The van der Waals surface area contributed by atoms with Gasteiger partial charge in [-0.2, -0.15) is 10.2 Å². The Hall–Kier alpha value is -3.40. The maximum atomic E-state index is 12.1. The Kier molecular flexibility index (Phi) is 2.07. The van der Waals surface area contributed by atoms with Crippen molar-refractivity contribution in [1.82, 2.24) is 19.4 Å². The van der Waals surface area contributed by atoms with Crippen LogP contribution in [0, 0.1) is 11.3 Å². The highest BCUT2D eigenvalue weighted by Crippen LogP contribution is 2.23. The molecule has 100 valence electrons. The monoisotopic (exact) mass is 276 g/mol. The van der Waals surface area contributed by atoms with Crippen molar-refractivity contribution in [3.8, 4) is 6.07 Å². The number of H-pyrrole nitrogens is 1. The Bertz CT molecular complexity index is 1130. The molecule has 0 amide bonds. The zero-order valence-electron chi connectivity index (χ0n) is 10.7. The van der Waals surface area contributed by atoms with Gasteiger partial charge in [-0.25, -0.2) is 4.98 Å². The third-order valence-corrected chi connectivity index (χ3v) is 3.38. The highest BCUT2D eigenvalue weighted by molar-refractivity contribution is 5.91. The molecule has 0 atom stereocenters. The van der Waals surface area contributed by atoms with Gasteiger partial charge in [0.05, 0.1) is 22.0 Å². The number of fused-ring (bicyclic) bond motifs is 5. The van der Waals surface area contributed by atoms with Crippen molar-refractivity contribution >= 4 is 33.7 Å². The lowest BCUT2D eigenvalue weighted by Crippen LogP contribution is -2.13. The smallest absolute Gasteiger partial charge is 0.261 e. The van der Waals surface area contributed by atoms with Crippen LogP contribution in [0.5, 0.6) is 0 Å². The molecule has 0 aliphatic heterocycles. The third-order valence-electron chi connectivity index (χ3n) is 3.38. The molecule has 0 bridgehead atoms. The molecular formula is C14H8N6O. The van der Waals surface area contributed by atoms with Gasteiger partial charge in [-0.1, -0.05) is 12.1 Å². The number of imidazole rings is 1. The molecule has 3 heterocycles. The molecule has 4 rings (SSSR count). The van der Waals surface area contributed by atoms with Gasteiger partial charge in [0, 0.05) is 0 Å². The minimum atomic E-state index is -0.381. The Morgan fingerprint density at radius 2 is 2.05 bits per heavy atom. The van der Waals surface area contributed by atoms with E-state index in [4.69, 9.17) is 5.73 Å². The summed E-state index contributed by atoms with van der Waals surface area (Å²) in [4.78, 5) is 23.1. The number of aromatic nitrogens is 4. The first kappa shape index (κ1) is 11.4. The summed E-state index contributed by atoms with van der Waals surface area (Å²) in [5, 5.41) is 9.61. The number of nitrogens with zero attached hydrogens (tertiary/aromatic N) is 4. The van der Waals surface area contributed by atoms with Crippen LogP contribution >= 0.6 is 0 Å². The van der Waals surface area contributed by atoms with E-state index in [2.05, 4.69) is 21.0 Å². The van der Waals surface area contributed by atoms with Gasteiger partial charge in [0.25, 0.3) is 5.56 Å². The second-order valence-electron chi connectivity index (χ2n) is 4.62. The van der Waals surface area contributed by atoms with Gasteiger partial charge in [0.15, 0.2) is 11.3 Å². The minimum Gasteiger partial charge on any atom is -0.369 e. The van der Waals surface area contributed by atoms with Gasteiger partial charge in [-0.3, -0.25) is 14.2 Å². The number of aromatic amines is 1. The molecule has 0 aliphatic carbocycles. The standard InChI is InChI=1S/C14H8N6O/c15-6-7-5-8-12(18-14(16)19-13(8)21)20-10-4-2-1-3-9(10)17-11(7)20/h1-5H,(H3,16,18,19,21). The first-order valence-electron chi connectivity index (χ1n) is 6.19. The van der Waals surface area contributed by atoms with Crippen LogP contribution in [0.15, 0.2) is 35.1 Å². The van der Waals surface area contributed by atoms with Crippen molar-refractivity contribution in [1.29, 1.82) is 5.26 Å². The summed E-state index contributed by atoms with van der Waals surface area (Å²) in [6.45, 7) is 0. The first-order valence-corrected chi connectivity index (χ1v) is 6.19. The van der Waals surface area contributed by atoms with Crippen LogP contribution in [0.25, 0.3) is 27.7 Å². The molecule has 0 fully saturated rings. The molecular weight excluding hydrogens is 268 g/mol. The summed E-state index contributed by atoms with van der Waals surface area (Å²) in [5.41, 5.74) is 7.91. The van der Waals surface area contributed by atoms with E-state index in [0.29, 0.717) is 22.2 Å². The van der Waals surface area contributed by atoms with Crippen LogP contribution in [0.2, 0.25) is 0 Å². The maximum absolute atomic E-state index is 12.1. The van der Waals surface area contributed by atoms with Crippen molar-refractivity contribution in [2.45, 2.75) is 0 Å². The van der Waals surface area contributed by atoms with Gasteiger partial charge in [0.2, 0.25) is 5.95 Å². The highest BCUT2D eigenvalue weighted by Gasteiger charge is 2.15. The van der Waals surface area contributed by atoms with Crippen molar-refractivity contribution in [3.63, 3.8) is 0 Å². The van der Waals surface area contributed by atoms with E-state index in [1.165, 1.54) is 6.07 Å². The van der Waals surface area contributed by atoms with E-state index in [-0.39, 0.29) is 11.5 Å². The average molecular weight is 276 g/mol.